The van der Waals surface area contributed by atoms with Crippen LogP contribution in [0.15, 0.2) is 0 Å². The molecule has 1 heterocycles. The fourth-order valence-electron chi connectivity index (χ4n) is 0.717. The zero-order valence-corrected chi connectivity index (χ0v) is 5.94. The van der Waals surface area contributed by atoms with E-state index < -0.39 is 0 Å². The molecule has 1 fully saturated rings. The third-order valence-corrected chi connectivity index (χ3v) is 2.08. The lowest BCUT2D eigenvalue weighted by Gasteiger charge is -2.08. The van der Waals surface area contributed by atoms with Crippen molar-refractivity contribution in [3.05, 3.63) is 0 Å². The maximum absolute atomic E-state index is 5.04. The van der Waals surface area contributed by atoms with Gasteiger partial charge in [-0.15, -0.1) is 0 Å². The maximum Gasteiger partial charge on any atom is 0.0685 e. The Morgan fingerprint density at radius 1 is 1.25 bits per heavy atom. The average molecular weight is 133 g/mol. The standard InChI is InChI=1S/C5H12NOP/c1-2-4-7-6-8-5-3-1/h6,8H,1-5H2. The molecule has 1 N–H and O–H groups in total. The Bertz CT molecular complexity index is 36.4. The highest BCUT2D eigenvalue weighted by molar-refractivity contribution is 7.35. The monoisotopic (exact) mass is 133 g/mol. The van der Waals surface area contributed by atoms with E-state index in [1.807, 2.05) is 0 Å². The lowest BCUT2D eigenvalue weighted by Crippen LogP contribution is -2.08. The van der Waals surface area contributed by atoms with Crippen LogP contribution in [-0.2, 0) is 4.84 Å². The number of rotatable bonds is 0. The van der Waals surface area contributed by atoms with E-state index in [2.05, 4.69) is 5.25 Å². The molecule has 8 heavy (non-hydrogen) atoms. The normalized spacial score (nSPS) is 27.0. The van der Waals surface area contributed by atoms with Crippen molar-refractivity contribution in [2.75, 3.05) is 12.8 Å². The van der Waals surface area contributed by atoms with Gasteiger partial charge in [-0.1, -0.05) is 6.42 Å². The van der Waals surface area contributed by atoms with Gasteiger partial charge in [-0.2, -0.15) is 5.25 Å². The molecular formula is C5H12NOP. The van der Waals surface area contributed by atoms with E-state index in [9.17, 15) is 0 Å². The second-order valence-electron chi connectivity index (χ2n) is 1.94. The summed E-state index contributed by atoms with van der Waals surface area (Å²) in [6.07, 6.45) is 5.22. The Labute approximate surface area is 51.8 Å². The first-order chi connectivity index (χ1) is 4.00. The van der Waals surface area contributed by atoms with Gasteiger partial charge in [-0.25, -0.2) is 0 Å². The first-order valence-corrected chi connectivity index (χ1v) is 4.30. The molecular weight excluding hydrogens is 121 g/mol. The minimum Gasteiger partial charge on any atom is -0.298 e. The van der Waals surface area contributed by atoms with Crippen LogP contribution in [-0.4, -0.2) is 12.8 Å². The minimum absolute atomic E-state index is 0.818. The molecule has 1 aliphatic rings. The van der Waals surface area contributed by atoms with E-state index in [1.54, 1.807) is 0 Å². The van der Waals surface area contributed by atoms with Crippen molar-refractivity contribution in [3.8, 4) is 0 Å². The van der Waals surface area contributed by atoms with E-state index in [0.717, 1.165) is 15.3 Å². The van der Waals surface area contributed by atoms with Crippen LogP contribution in [0.4, 0.5) is 0 Å². The smallest absolute Gasteiger partial charge is 0.0685 e. The second-order valence-corrected chi connectivity index (χ2v) is 3.00. The molecule has 0 radical (unpaired) electrons. The topological polar surface area (TPSA) is 21.3 Å². The summed E-state index contributed by atoms with van der Waals surface area (Å²) < 4.78 is 0. The van der Waals surface area contributed by atoms with E-state index in [1.165, 1.54) is 25.4 Å². The summed E-state index contributed by atoms with van der Waals surface area (Å²) in [5, 5.41) is 2.92. The van der Waals surface area contributed by atoms with Crippen LogP contribution in [0.3, 0.4) is 0 Å². The molecule has 0 aromatic rings. The Balaban J connectivity index is 2.00. The van der Waals surface area contributed by atoms with Gasteiger partial charge in [-0.3, -0.25) is 4.84 Å². The molecule has 0 bridgehead atoms. The molecule has 0 spiro atoms. The molecule has 0 amide bonds. The summed E-state index contributed by atoms with van der Waals surface area (Å²) in [6.45, 7) is 0.896. The summed E-state index contributed by atoms with van der Waals surface area (Å²) in [4.78, 5) is 5.04. The van der Waals surface area contributed by atoms with Gasteiger partial charge in [0.25, 0.3) is 0 Å². The minimum atomic E-state index is 0.818. The predicted molar refractivity (Wildman–Crippen MR) is 36.1 cm³/mol. The van der Waals surface area contributed by atoms with Crippen LogP contribution >= 0.6 is 8.73 Å². The average Bonchev–Trinajstić information content (AvgIpc) is 1.62. The quantitative estimate of drug-likeness (QED) is 0.502. The van der Waals surface area contributed by atoms with Gasteiger partial charge in [0.2, 0.25) is 0 Å². The molecule has 1 saturated heterocycles. The molecule has 1 aliphatic heterocycles. The first kappa shape index (κ1) is 6.47. The van der Waals surface area contributed by atoms with Gasteiger partial charge in [0.15, 0.2) is 0 Å². The SMILES string of the molecule is C1CCONPCC1. The molecule has 3 heteroatoms. The summed E-state index contributed by atoms with van der Waals surface area (Å²) in [5.74, 6) is 0. The van der Waals surface area contributed by atoms with E-state index >= 15 is 0 Å². The van der Waals surface area contributed by atoms with Crippen LogP contribution in [0.25, 0.3) is 0 Å². The predicted octanol–water partition coefficient (Wildman–Crippen LogP) is 1.28. The molecule has 1 rings (SSSR count). The molecule has 48 valence electrons. The van der Waals surface area contributed by atoms with Crippen molar-refractivity contribution in [2.24, 2.45) is 0 Å². The molecule has 0 saturated carbocycles. The lowest BCUT2D eigenvalue weighted by molar-refractivity contribution is 0.0926. The number of nitrogens with one attached hydrogen (secondary N) is 1. The Kier molecular flexibility index (Phi) is 3.44. The molecule has 2 nitrogen and oxygen atoms in total. The maximum atomic E-state index is 5.04. The van der Waals surface area contributed by atoms with Gasteiger partial charge < -0.3 is 0 Å². The van der Waals surface area contributed by atoms with E-state index in [4.69, 9.17) is 4.84 Å². The van der Waals surface area contributed by atoms with Crippen LogP contribution in [0.1, 0.15) is 19.3 Å². The second kappa shape index (κ2) is 4.25. The summed E-state index contributed by atoms with van der Waals surface area (Å²) in [6, 6.07) is 0. The van der Waals surface area contributed by atoms with Gasteiger partial charge in [0.05, 0.1) is 6.61 Å². The van der Waals surface area contributed by atoms with Crippen LogP contribution in [0.2, 0.25) is 0 Å². The summed E-state index contributed by atoms with van der Waals surface area (Å²) in [5.41, 5.74) is 0. The van der Waals surface area contributed by atoms with Gasteiger partial charge >= 0.3 is 0 Å². The van der Waals surface area contributed by atoms with E-state index in [-0.39, 0.29) is 0 Å². The van der Waals surface area contributed by atoms with Crippen molar-refractivity contribution in [3.63, 3.8) is 0 Å². The van der Waals surface area contributed by atoms with Gasteiger partial charge in [0, 0.05) is 0 Å². The zero-order valence-electron chi connectivity index (χ0n) is 4.94. The fraction of sp³-hybridized carbons (Fsp3) is 1.00. The Morgan fingerprint density at radius 2 is 2.25 bits per heavy atom. The van der Waals surface area contributed by atoms with Gasteiger partial charge in [-0.05, 0) is 27.7 Å². The highest BCUT2D eigenvalue weighted by Crippen LogP contribution is 2.11. The van der Waals surface area contributed by atoms with E-state index in [0.29, 0.717) is 0 Å². The molecule has 1 unspecified atom stereocenters. The van der Waals surface area contributed by atoms with Gasteiger partial charge in [0.1, 0.15) is 0 Å². The largest absolute Gasteiger partial charge is 0.298 e. The number of hydrogen-bond acceptors (Lipinski definition) is 2. The Hall–Kier alpha value is 0.350. The highest BCUT2D eigenvalue weighted by atomic mass is 31.1. The fourth-order valence-corrected chi connectivity index (χ4v) is 1.45. The van der Waals surface area contributed by atoms with Crippen LogP contribution in [0, 0.1) is 0 Å². The van der Waals surface area contributed by atoms with Crippen molar-refractivity contribution < 1.29 is 4.84 Å². The van der Waals surface area contributed by atoms with Crippen molar-refractivity contribution in [2.45, 2.75) is 19.3 Å². The highest BCUT2D eigenvalue weighted by Gasteiger charge is 1.94. The summed E-state index contributed by atoms with van der Waals surface area (Å²) >= 11 is 0. The van der Waals surface area contributed by atoms with Crippen molar-refractivity contribution >= 4 is 8.73 Å². The molecule has 1 atom stereocenters. The lowest BCUT2D eigenvalue weighted by atomic mass is 10.3. The third-order valence-electron chi connectivity index (χ3n) is 1.19. The number of hydrogen-bond donors (Lipinski definition) is 1. The first-order valence-electron chi connectivity index (χ1n) is 3.10. The zero-order chi connectivity index (χ0) is 5.66. The molecule has 0 aromatic carbocycles. The van der Waals surface area contributed by atoms with Crippen LogP contribution in [0.5, 0.6) is 0 Å². The summed E-state index contributed by atoms with van der Waals surface area (Å²) in [7, 11) is 0.818. The van der Waals surface area contributed by atoms with Crippen molar-refractivity contribution in [1.82, 2.24) is 5.25 Å². The third kappa shape index (κ3) is 2.61. The van der Waals surface area contributed by atoms with Crippen molar-refractivity contribution in [1.29, 1.82) is 0 Å². The molecule has 0 aliphatic carbocycles. The Morgan fingerprint density at radius 3 is 3.25 bits per heavy atom. The van der Waals surface area contributed by atoms with Crippen LogP contribution < -0.4 is 5.25 Å². The molecule has 0 aromatic heterocycles.